The number of aromatic nitrogens is 1. The van der Waals surface area contributed by atoms with Crippen LogP contribution in [-0.2, 0) is 26.5 Å². The maximum absolute atomic E-state index is 12.1. The molecule has 0 saturated heterocycles. The Hall–Kier alpha value is -2.28. The standard InChI is InChI=1S/C19H24N2O4S/c1-5-15-8-6-7-12(2)19(15)20-17(22)9-24-18(23)11-26-10-16-13(3)21-25-14(16)4/h6-8H,5,9-11H2,1-4H3,(H,20,22). The van der Waals surface area contributed by atoms with Crippen molar-refractivity contribution in [2.24, 2.45) is 0 Å². The minimum atomic E-state index is -0.419. The Morgan fingerprint density at radius 1 is 1.27 bits per heavy atom. The van der Waals surface area contributed by atoms with E-state index in [0.717, 1.165) is 40.3 Å². The maximum atomic E-state index is 12.1. The average Bonchev–Trinajstić information content (AvgIpc) is 2.93. The van der Waals surface area contributed by atoms with Gasteiger partial charge in [0.15, 0.2) is 6.61 Å². The molecule has 0 aliphatic heterocycles. The van der Waals surface area contributed by atoms with Crippen molar-refractivity contribution in [2.75, 3.05) is 17.7 Å². The number of benzene rings is 1. The lowest BCUT2D eigenvalue weighted by Gasteiger charge is -2.13. The highest BCUT2D eigenvalue weighted by molar-refractivity contribution is 7.99. The highest BCUT2D eigenvalue weighted by Crippen LogP contribution is 2.21. The number of nitrogens with zero attached hydrogens (tertiary/aromatic N) is 1. The Labute approximate surface area is 157 Å². The van der Waals surface area contributed by atoms with E-state index < -0.39 is 5.97 Å². The van der Waals surface area contributed by atoms with Gasteiger partial charge in [-0.05, 0) is 38.3 Å². The monoisotopic (exact) mass is 376 g/mol. The van der Waals surface area contributed by atoms with Crippen LogP contribution in [0.15, 0.2) is 22.7 Å². The van der Waals surface area contributed by atoms with Crippen LogP contribution in [0.2, 0.25) is 0 Å². The van der Waals surface area contributed by atoms with Crippen LogP contribution in [-0.4, -0.2) is 29.4 Å². The van der Waals surface area contributed by atoms with E-state index in [1.807, 2.05) is 45.9 Å². The zero-order valence-electron chi connectivity index (χ0n) is 15.5. The zero-order valence-corrected chi connectivity index (χ0v) is 16.4. The van der Waals surface area contributed by atoms with Gasteiger partial charge in [-0.3, -0.25) is 9.59 Å². The van der Waals surface area contributed by atoms with Gasteiger partial charge in [0.25, 0.3) is 5.91 Å². The molecule has 1 aromatic heterocycles. The van der Waals surface area contributed by atoms with Crippen molar-refractivity contribution in [1.82, 2.24) is 5.16 Å². The molecule has 0 unspecified atom stereocenters. The van der Waals surface area contributed by atoms with E-state index in [4.69, 9.17) is 9.26 Å². The third kappa shape index (κ3) is 5.36. The quantitative estimate of drug-likeness (QED) is 0.709. The van der Waals surface area contributed by atoms with Gasteiger partial charge in [0, 0.05) is 17.0 Å². The van der Waals surface area contributed by atoms with E-state index >= 15 is 0 Å². The van der Waals surface area contributed by atoms with E-state index in [9.17, 15) is 9.59 Å². The molecule has 1 heterocycles. The fourth-order valence-electron chi connectivity index (χ4n) is 2.51. The van der Waals surface area contributed by atoms with Crippen LogP contribution < -0.4 is 5.32 Å². The number of ether oxygens (including phenoxy) is 1. The predicted molar refractivity (Wildman–Crippen MR) is 102 cm³/mol. The lowest BCUT2D eigenvalue weighted by atomic mass is 10.1. The van der Waals surface area contributed by atoms with E-state index in [0.29, 0.717) is 5.75 Å². The Morgan fingerprint density at radius 3 is 2.69 bits per heavy atom. The first-order valence-electron chi connectivity index (χ1n) is 8.45. The van der Waals surface area contributed by atoms with Gasteiger partial charge in [0.2, 0.25) is 0 Å². The Morgan fingerprint density at radius 2 is 2.04 bits per heavy atom. The fourth-order valence-corrected chi connectivity index (χ4v) is 3.48. The summed E-state index contributed by atoms with van der Waals surface area (Å²) in [5, 5.41) is 6.71. The molecule has 0 aliphatic carbocycles. The van der Waals surface area contributed by atoms with Crippen molar-refractivity contribution in [3.63, 3.8) is 0 Å². The van der Waals surface area contributed by atoms with Crippen LogP contribution in [0.5, 0.6) is 0 Å². The van der Waals surface area contributed by atoms with E-state index in [1.54, 1.807) is 0 Å². The number of nitrogens with one attached hydrogen (secondary N) is 1. The Balaban J connectivity index is 1.76. The number of amides is 1. The van der Waals surface area contributed by atoms with E-state index in [-0.39, 0.29) is 18.3 Å². The van der Waals surface area contributed by atoms with Gasteiger partial charge in [-0.1, -0.05) is 30.3 Å². The molecular formula is C19H24N2O4S. The number of aryl methyl sites for hydroxylation is 4. The van der Waals surface area contributed by atoms with Crippen molar-refractivity contribution >= 4 is 29.3 Å². The third-order valence-electron chi connectivity index (χ3n) is 4.02. The van der Waals surface area contributed by atoms with Crippen molar-refractivity contribution in [3.8, 4) is 0 Å². The van der Waals surface area contributed by atoms with Crippen molar-refractivity contribution in [1.29, 1.82) is 0 Å². The lowest BCUT2D eigenvalue weighted by Crippen LogP contribution is -2.22. The number of hydrogen-bond acceptors (Lipinski definition) is 6. The van der Waals surface area contributed by atoms with E-state index in [1.165, 1.54) is 11.8 Å². The SMILES string of the molecule is CCc1cccc(C)c1NC(=O)COC(=O)CSCc1c(C)noc1C. The van der Waals surface area contributed by atoms with Gasteiger partial charge in [0.05, 0.1) is 11.4 Å². The number of carbonyl (C=O) groups is 2. The molecule has 0 bridgehead atoms. The summed E-state index contributed by atoms with van der Waals surface area (Å²) < 4.78 is 10.1. The molecule has 1 N–H and O–H groups in total. The fraction of sp³-hybridized carbons (Fsp3) is 0.421. The number of esters is 1. The second-order valence-corrected chi connectivity index (χ2v) is 6.95. The number of hydrogen-bond donors (Lipinski definition) is 1. The summed E-state index contributed by atoms with van der Waals surface area (Å²) >= 11 is 1.41. The van der Waals surface area contributed by atoms with Crippen molar-refractivity contribution in [2.45, 2.75) is 39.9 Å². The van der Waals surface area contributed by atoms with Gasteiger partial charge < -0.3 is 14.6 Å². The second-order valence-electron chi connectivity index (χ2n) is 5.97. The summed E-state index contributed by atoms with van der Waals surface area (Å²) in [6.07, 6.45) is 0.815. The minimum Gasteiger partial charge on any atom is -0.455 e. The first-order valence-corrected chi connectivity index (χ1v) is 9.61. The molecule has 0 aliphatic rings. The summed E-state index contributed by atoms with van der Waals surface area (Å²) in [4.78, 5) is 23.9. The molecule has 1 aromatic carbocycles. The van der Waals surface area contributed by atoms with Gasteiger partial charge in [-0.2, -0.15) is 0 Å². The van der Waals surface area contributed by atoms with Crippen molar-refractivity contribution < 1.29 is 18.8 Å². The van der Waals surface area contributed by atoms with Crippen LogP contribution in [0.25, 0.3) is 0 Å². The highest BCUT2D eigenvalue weighted by Gasteiger charge is 2.13. The largest absolute Gasteiger partial charge is 0.455 e. The first kappa shape index (κ1) is 20.0. The zero-order chi connectivity index (χ0) is 19.1. The summed E-state index contributed by atoms with van der Waals surface area (Å²) in [5.74, 6) is 0.788. The molecule has 0 spiro atoms. The number of para-hydroxylation sites is 1. The molecule has 6 nitrogen and oxygen atoms in total. The molecule has 7 heteroatoms. The number of thioether (sulfide) groups is 1. The molecular weight excluding hydrogens is 352 g/mol. The molecule has 0 fully saturated rings. The molecule has 0 saturated carbocycles. The molecule has 0 atom stereocenters. The van der Waals surface area contributed by atoms with Crippen LogP contribution in [0.1, 0.15) is 35.1 Å². The number of rotatable bonds is 8. The van der Waals surface area contributed by atoms with Crippen LogP contribution in [0, 0.1) is 20.8 Å². The van der Waals surface area contributed by atoms with Gasteiger partial charge in [-0.25, -0.2) is 0 Å². The number of carbonyl (C=O) groups excluding carboxylic acids is 2. The first-order chi connectivity index (χ1) is 12.4. The Kier molecular flexibility index (Phi) is 7.26. The predicted octanol–water partition coefficient (Wildman–Crippen LogP) is 3.58. The maximum Gasteiger partial charge on any atom is 0.316 e. The molecule has 2 rings (SSSR count). The molecule has 140 valence electrons. The van der Waals surface area contributed by atoms with Gasteiger partial charge in [0.1, 0.15) is 5.76 Å². The molecule has 26 heavy (non-hydrogen) atoms. The lowest BCUT2D eigenvalue weighted by molar-refractivity contribution is -0.144. The average molecular weight is 376 g/mol. The highest BCUT2D eigenvalue weighted by atomic mass is 32.2. The molecule has 0 radical (unpaired) electrons. The summed E-state index contributed by atoms with van der Waals surface area (Å²) in [6.45, 7) is 7.38. The van der Waals surface area contributed by atoms with Crippen molar-refractivity contribution in [3.05, 3.63) is 46.3 Å². The van der Waals surface area contributed by atoms with Gasteiger partial charge >= 0.3 is 5.97 Å². The smallest absolute Gasteiger partial charge is 0.316 e. The summed E-state index contributed by atoms with van der Waals surface area (Å²) in [7, 11) is 0. The van der Waals surface area contributed by atoms with Crippen LogP contribution in [0.3, 0.4) is 0 Å². The normalized spacial score (nSPS) is 10.6. The minimum absolute atomic E-state index is 0.169. The molecule has 1 amide bonds. The Bertz CT molecular complexity index is 766. The van der Waals surface area contributed by atoms with Crippen LogP contribution >= 0.6 is 11.8 Å². The third-order valence-corrected chi connectivity index (χ3v) is 4.95. The summed E-state index contributed by atoms with van der Waals surface area (Å²) in [5.41, 5.74) is 4.66. The second kappa shape index (κ2) is 9.43. The van der Waals surface area contributed by atoms with Gasteiger partial charge in [-0.15, -0.1) is 11.8 Å². The van der Waals surface area contributed by atoms with Crippen LogP contribution in [0.4, 0.5) is 5.69 Å². The summed E-state index contributed by atoms with van der Waals surface area (Å²) in [6, 6.07) is 5.87. The molecule has 2 aromatic rings. The van der Waals surface area contributed by atoms with E-state index in [2.05, 4.69) is 10.5 Å². The topological polar surface area (TPSA) is 81.4 Å². The number of anilines is 1.